The molecule has 0 radical (unpaired) electrons. The van der Waals surface area contributed by atoms with Crippen molar-refractivity contribution in [2.24, 2.45) is 0 Å². The van der Waals surface area contributed by atoms with Crippen LogP contribution in [0.25, 0.3) is 0 Å². The highest BCUT2D eigenvalue weighted by atomic mass is 16.7. The zero-order valence-corrected chi connectivity index (χ0v) is 13.8. The molecule has 4 heteroatoms. The third kappa shape index (κ3) is 6.27. The number of ketones is 1. The molecule has 21 heavy (non-hydrogen) atoms. The summed E-state index contributed by atoms with van der Waals surface area (Å²) < 4.78 is 16.5. The molecule has 4 nitrogen and oxygen atoms in total. The first kappa shape index (κ1) is 17.7. The van der Waals surface area contributed by atoms with Crippen molar-refractivity contribution in [3.63, 3.8) is 0 Å². The third-order valence-corrected chi connectivity index (χ3v) is 2.73. The SMILES string of the molecule is CCOC(C)O[C@@H](C)C(=O)c1ccc(OC(C)(C)C)cc1. The van der Waals surface area contributed by atoms with Gasteiger partial charge in [0, 0.05) is 12.2 Å². The number of benzene rings is 1. The molecule has 1 rings (SSSR count). The van der Waals surface area contributed by atoms with E-state index in [4.69, 9.17) is 14.2 Å². The van der Waals surface area contributed by atoms with Crippen LogP contribution in [0.15, 0.2) is 24.3 Å². The molecule has 0 amide bonds. The lowest BCUT2D eigenvalue weighted by atomic mass is 10.1. The second-order valence-electron chi connectivity index (χ2n) is 5.90. The van der Waals surface area contributed by atoms with Crippen molar-refractivity contribution in [3.05, 3.63) is 29.8 Å². The standard InChI is InChI=1S/C17H26O4/c1-7-19-13(3)20-12(2)16(18)14-8-10-15(11-9-14)21-17(4,5)6/h8-13H,7H2,1-6H3/t12-,13?/m0/s1. The van der Waals surface area contributed by atoms with E-state index in [9.17, 15) is 4.79 Å². The molecule has 0 spiro atoms. The molecule has 0 aliphatic carbocycles. The van der Waals surface area contributed by atoms with Gasteiger partial charge in [-0.15, -0.1) is 0 Å². The van der Waals surface area contributed by atoms with Crippen LogP contribution in [0.2, 0.25) is 0 Å². The van der Waals surface area contributed by atoms with Gasteiger partial charge < -0.3 is 14.2 Å². The van der Waals surface area contributed by atoms with E-state index in [1.165, 1.54) is 0 Å². The maximum atomic E-state index is 12.3. The zero-order chi connectivity index (χ0) is 16.0. The van der Waals surface area contributed by atoms with E-state index >= 15 is 0 Å². The number of ether oxygens (including phenoxy) is 3. The van der Waals surface area contributed by atoms with E-state index in [0.29, 0.717) is 12.2 Å². The maximum absolute atomic E-state index is 12.3. The molecule has 0 aromatic heterocycles. The largest absolute Gasteiger partial charge is 0.488 e. The van der Waals surface area contributed by atoms with Crippen molar-refractivity contribution >= 4 is 5.78 Å². The first-order valence-corrected chi connectivity index (χ1v) is 7.33. The summed E-state index contributed by atoms with van der Waals surface area (Å²) >= 11 is 0. The highest BCUT2D eigenvalue weighted by Gasteiger charge is 2.19. The van der Waals surface area contributed by atoms with Crippen LogP contribution in [-0.2, 0) is 9.47 Å². The Bertz CT molecular complexity index is 445. The van der Waals surface area contributed by atoms with E-state index in [-0.39, 0.29) is 11.4 Å². The predicted octanol–water partition coefficient (Wildman–Crippen LogP) is 3.83. The Hall–Kier alpha value is -1.39. The van der Waals surface area contributed by atoms with E-state index in [1.807, 2.05) is 27.7 Å². The van der Waals surface area contributed by atoms with Crippen LogP contribution >= 0.6 is 0 Å². The summed E-state index contributed by atoms with van der Waals surface area (Å²) in [4.78, 5) is 12.3. The summed E-state index contributed by atoms with van der Waals surface area (Å²) in [5.41, 5.74) is 0.349. The lowest BCUT2D eigenvalue weighted by Gasteiger charge is -2.21. The number of carbonyl (C=O) groups excluding carboxylic acids is 1. The lowest BCUT2D eigenvalue weighted by molar-refractivity contribution is -0.142. The Morgan fingerprint density at radius 1 is 1.14 bits per heavy atom. The topological polar surface area (TPSA) is 44.8 Å². The minimum absolute atomic E-state index is 0.0659. The van der Waals surface area contributed by atoms with Gasteiger partial charge >= 0.3 is 0 Å². The molecule has 0 aliphatic heterocycles. The van der Waals surface area contributed by atoms with Gasteiger partial charge in [0.25, 0.3) is 0 Å². The predicted molar refractivity (Wildman–Crippen MR) is 82.8 cm³/mol. The first-order chi connectivity index (χ1) is 9.73. The van der Waals surface area contributed by atoms with Crippen LogP contribution in [0.4, 0.5) is 0 Å². The third-order valence-electron chi connectivity index (χ3n) is 2.73. The molecule has 1 aromatic carbocycles. The molecule has 1 unspecified atom stereocenters. The first-order valence-electron chi connectivity index (χ1n) is 7.33. The van der Waals surface area contributed by atoms with Crippen LogP contribution in [-0.4, -0.2) is 30.4 Å². The average Bonchev–Trinajstić information content (AvgIpc) is 2.37. The number of carbonyl (C=O) groups is 1. The molecule has 0 bridgehead atoms. The fourth-order valence-corrected chi connectivity index (χ4v) is 1.90. The monoisotopic (exact) mass is 294 g/mol. The van der Waals surface area contributed by atoms with Gasteiger partial charge in [-0.2, -0.15) is 0 Å². The van der Waals surface area contributed by atoms with Gasteiger partial charge in [0.15, 0.2) is 12.1 Å². The lowest BCUT2D eigenvalue weighted by Crippen LogP contribution is -2.27. The summed E-state index contributed by atoms with van der Waals surface area (Å²) in [6.45, 7) is 11.9. The van der Waals surface area contributed by atoms with Gasteiger partial charge in [-0.3, -0.25) is 4.79 Å². The molecule has 0 N–H and O–H groups in total. The summed E-state index contributed by atoms with van der Waals surface area (Å²) in [7, 11) is 0. The number of hydrogen-bond acceptors (Lipinski definition) is 4. The summed E-state index contributed by atoms with van der Waals surface area (Å²) in [5, 5.41) is 0. The fraction of sp³-hybridized carbons (Fsp3) is 0.588. The maximum Gasteiger partial charge on any atom is 0.191 e. The van der Waals surface area contributed by atoms with Crippen molar-refractivity contribution in [1.29, 1.82) is 0 Å². The molecule has 1 aromatic rings. The van der Waals surface area contributed by atoms with Crippen LogP contribution in [0, 0.1) is 0 Å². The van der Waals surface area contributed by atoms with Crippen molar-refractivity contribution < 1.29 is 19.0 Å². The van der Waals surface area contributed by atoms with Gasteiger partial charge in [0.1, 0.15) is 17.5 Å². The summed E-state index contributed by atoms with van der Waals surface area (Å²) in [6.07, 6.45) is -0.932. The van der Waals surface area contributed by atoms with E-state index < -0.39 is 12.4 Å². The number of hydrogen-bond donors (Lipinski definition) is 0. The molecule has 118 valence electrons. The second-order valence-corrected chi connectivity index (χ2v) is 5.90. The van der Waals surface area contributed by atoms with Crippen LogP contribution in [0.1, 0.15) is 51.9 Å². The van der Waals surface area contributed by atoms with Gasteiger partial charge in [0.2, 0.25) is 0 Å². The van der Waals surface area contributed by atoms with Crippen LogP contribution in [0.5, 0.6) is 5.75 Å². The van der Waals surface area contributed by atoms with Gasteiger partial charge in [-0.1, -0.05) is 0 Å². The number of Topliss-reactive ketones (excluding diaryl/α,β-unsaturated/α-hetero) is 1. The van der Waals surface area contributed by atoms with Crippen LogP contribution < -0.4 is 4.74 Å². The smallest absolute Gasteiger partial charge is 0.191 e. The molecular formula is C17H26O4. The minimum Gasteiger partial charge on any atom is -0.488 e. The second kappa shape index (κ2) is 7.57. The highest BCUT2D eigenvalue weighted by molar-refractivity contribution is 5.99. The molecular weight excluding hydrogens is 268 g/mol. The number of rotatable bonds is 7. The van der Waals surface area contributed by atoms with E-state index in [0.717, 1.165) is 5.75 Å². The molecule has 0 saturated heterocycles. The Morgan fingerprint density at radius 2 is 1.71 bits per heavy atom. The quantitative estimate of drug-likeness (QED) is 0.566. The van der Waals surface area contributed by atoms with E-state index in [2.05, 4.69) is 0 Å². The van der Waals surface area contributed by atoms with Gasteiger partial charge in [0.05, 0.1) is 0 Å². The Morgan fingerprint density at radius 3 is 2.19 bits per heavy atom. The average molecular weight is 294 g/mol. The summed E-state index contributed by atoms with van der Waals surface area (Å²) in [6, 6.07) is 7.12. The van der Waals surface area contributed by atoms with Gasteiger partial charge in [-0.25, -0.2) is 0 Å². The molecule has 2 atom stereocenters. The Balaban J connectivity index is 2.66. The van der Waals surface area contributed by atoms with Crippen LogP contribution in [0.3, 0.4) is 0 Å². The van der Waals surface area contributed by atoms with Gasteiger partial charge in [-0.05, 0) is 65.8 Å². The molecule has 0 heterocycles. The van der Waals surface area contributed by atoms with Crippen molar-refractivity contribution in [3.8, 4) is 5.75 Å². The van der Waals surface area contributed by atoms with Crippen molar-refractivity contribution in [1.82, 2.24) is 0 Å². The van der Waals surface area contributed by atoms with E-state index in [1.54, 1.807) is 38.1 Å². The normalized spacial score (nSPS) is 14.6. The summed E-state index contributed by atoms with van der Waals surface area (Å²) in [5.74, 6) is 0.680. The Kier molecular flexibility index (Phi) is 6.37. The molecule has 0 saturated carbocycles. The van der Waals surface area contributed by atoms with Crippen molar-refractivity contribution in [2.75, 3.05) is 6.61 Å². The molecule has 0 fully saturated rings. The highest BCUT2D eigenvalue weighted by Crippen LogP contribution is 2.19. The Labute approximate surface area is 127 Å². The zero-order valence-electron chi connectivity index (χ0n) is 13.8. The van der Waals surface area contributed by atoms with Crippen molar-refractivity contribution in [2.45, 2.75) is 59.5 Å². The molecule has 0 aliphatic rings. The fourth-order valence-electron chi connectivity index (χ4n) is 1.90. The minimum atomic E-state index is -0.541.